The first-order valence-electron chi connectivity index (χ1n) is 5.53. The van der Waals surface area contributed by atoms with Gasteiger partial charge in [-0.3, -0.25) is 9.36 Å². The lowest BCUT2D eigenvalue weighted by molar-refractivity contribution is 0.876. The van der Waals surface area contributed by atoms with Gasteiger partial charge in [-0.2, -0.15) is 0 Å². The van der Waals surface area contributed by atoms with Gasteiger partial charge < -0.3 is 5.73 Å². The molecule has 3 heteroatoms. The lowest BCUT2D eigenvalue weighted by atomic mass is 9.99. The van der Waals surface area contributed by atoms with E-state index in [0.717, 1.165) is 16.7 Å². The van der Waals surface area contributed by atoms with Crippen LogP contribution in [0.25, 0.3) is 11.1 Å². The van der Waals surface area contributed by atoms with Crippen LogP contribution >= 0.6 is 0 Å². The Morgan fingerprint density at radius 3 is 2.47 bits per heavy atom. The van der Waals surface area contributed by atoms with Crippen LogP contribution in [0.15, 0.2) is 35.1 Å². The Hall–Kier alpha value is -2.03. The Kier molecular flexibility index (Phi) is 2.76. The van der Waals surface area contributed by atoms with E-state index in [1.54, 1.807) is 13.1 Å². The van der Waals surface area contributed by atoms with Gasteiger partial charge in [0.05, 0.1) is 0 Å². The molecule has 17 heavy (non-hydrogen) atoms. The number of aromatic nitrogens is 1. The Bertz CT molecular complexity index is 627. The van der Waals surface area contributed by atoms with Gasteiger partial charge in [-0.1, -0.05) is 23.8 Å². The highest BCUT2D eigenvalue weighted by atomic mass is 16.1. The number of nitrogens with two attached hydrogens (primary N) is 1. The summed E-state index contributed by atoms with van der Waals surface area (Å²) in [5, 5.41) is 0. The first-order chi connectivity index (χ1) is 7.99. The zero-order valence-electron chi connectivity index (χ0n) is 10.3. The lowest BCUT2D eigenvalue weighted by Crippen LogP contribution is -2.18. The summed E-state index contributed by atoms with van der Waals surface area (Å²) in [4.78, 5) is 11.7. The molecule has 2 rings (SSSR count). The highest BCUT2D eigenvalue weighted by molar-refractivity contribution is 5.69. The highest BCUT2D eigenvalue weighted by Crippen LogP contribution is 2.24. The number of nitrogens with zero attached hydrogens (tertiary/aromatic N) is 1. The van der Waals surface area contributed by atoms with Gasteiger partial charge in [0.25, 0.3) is 5.56 Å². The van der Waals surface area contributed by atoms with Crippen LogP contribution in [0.5, 0.6) is 0 Å². The maximum Gasteiger partial charge on any atom is 0.252 e. The van der Waals surface area contributed by atoms with Gasteiger partial charge in [0.2, 0.25) is 0 Å². The number of rotatable bonds is 1. The van der Waals surface area contributed by atoms with Crippen LogP contribution in [0.4, 0.5) is 5.82 Å². The quantitative estimate of drug-likeness (QED) is 0.813. The number of benzene rings is 1. The average Bonchev–Trinajstić information content (AvgIpc) is 2.28. The van der Waals surface area contributed by atoms with Crippen LogP contribution < -0.4 is 11.3 Å². The van der Waals surface area contributed by atoms with Gasteiger partial charge >= 0.3 is 0 Å². The summed E-state index contributed by atoms with van der Waals surface area (Å²) < 4.78 is 1.44. The van der Waals surface area contributed by atoms with Crippen molar-refractivity contribution in [3.8, 4) is 11.1 Å². The van der Waals surface area contributed by atoms with Gasteiger partial charge in [-0.25, -0.2) is 0 Å². The van der Waals surface area contributed by atoms with Crippen LogP contribution in [-0.4, -0.2) is 4.57 Å². The molecule has 0 aliphatic carbocycles. The number of anilines is 1. The number of hydrogen-bond donors (Lipinski definition) is 1. The van der Waals surface area contributed by atoms with Crippen LogP contribution in [0, 0.1) is 13.8 Å². The topological polar surface area (TPSA) is 48.0 Å². The third kappa shape index (κ3) is 2.09. The van der Waals surface area contributed by atoms with E-state index >= 15 is 0 Å². The molecule has 0 aliphatic heterocycles. The maximum absolute atomic E-state index is 11.7. The number of nitrogen functional groups attached to an aromatic ring is 1. The number of hydrogen-bond acceptors (Lipinski definition) is 2. The average molecular weight is 228 g/mol. The largest absolute Gasteiger partial charge is 0.385 e. The van der Waals surface area contributed by atoms with Gasteiger partial charge in [0, 0.05) is 13.1 Å². The molecule has 1 aromatic carbocycles. The van der Waals surface area contributed by atoms with Crippen molar-refractivity contribution in [1.29, 1.82) is 0 Å². The smallest absolute Gasteiger partial charge is 0.252 e. The minimum Gasteiger partial charge on any atom is -0.385 e. The van der Waals surface area contributed by atoms with Crippen molar-refractivity contribution in [2.75, 3.05) is 5.73 Å². The minimum atomic E-state index is -0.0825. The molecule has 3 nitrogen and oxygen atoms in total. The second-order valence-corrected chi connectivity index (χ2v) is 4.38. The summed E-state index contributed by atoms with van der Waals surface area (Å²) in [7, 11) is 1.67. The molecule has 0 aliphatic rings. The van der Waals surface area contributed by atoms with Crippen molar-refractivity contribution >= 4 is 5.82 Å². The summed E-state index contributed by atoms with van der Waals surface area (Å²) in [5.74, 6) is 0.480. The molecular formula is C14H16N2O. The van der Waals surface area contributed by atoms with E-state index in [1.165, 1.54) is 10.1 Å². The van der Waals surface area contributed by atoms with E-state index in [1.807, 2.05) is 19.9 Å². The van der Waals surface area contributed by atoms with E-state index < -0.39 is 0 Å². The lowest BCUT2D eigenvalue weighted by Gasteiger charge is -2.10. The molecule has 0 fully saturated rings. The number of pyridine rings is 1. The third-order valence-electron chi connectivity index (χ3n) is 3.00. The summed E-state index contributed by atoms with van der Waals surface area (Å²) >= 11 is 0. The first kappa shape index (κ1) is 11.5. The SMILES string of the molecule is Cc1ccc(C)c(-c2cc(N)n(C)c(=O)c2)c1. The molecule has 0 unspecified atom stereocenters. The fraction of sp³-hybridized carbons (Fsp3) is 0.214. The zero-order chi connectivity index (χ0) is 12.6. The minimum absolute atomic E-state index is 0.0825. The Morgan fingerprint density at radius 2 is 1.82 bits per heavy atom. The maximum atomic E-state index is 11.7. The van der Waals surface area contributed by atoms with Gasteiger partial charge in [0.1, 0.15) is 5.82 Å². The third-order valence-corrected chi connectivity index (χ3v) is 3.00. The predicted molar refractivity (Wildman–Crippen MR) is 71.0 cm³/mol. The molecule has 0 amide bonds. The standard InChI is InChI=1S/C14H16N2O/c1-9-4-5-10(2)12(6-9)11-7-13(15)16(3)14(17)8-11/h4-8H,15H2,1-3H3. The van der Waals surface area contributed by atoms with Crippen molar-refractivity contribution in [3.05, 3.63) is 51.8 Å². The monoisotopic (exact) mass is 228 g/mol. The molecular weight excluding hydrogens is 212 g/mol. The predicted octanol–water partition coefficient (Wildman–Crippen LogP) is 2.25. The van der Waals surface area contributed by atoms with Crippen molar-refractivity contribution in [2.24, 2.45) is 7.05 Å². The van der Waals surface area contributed by atoms with Crippen molar-refractivity contribution in [3.63, 3.8) is 0 Å². The molecule has 0 bridgehead atoms. The summed E-state index contributed by atoms with van der Waals surface area (Å²) in [6, 6.07) is 9.65. The van der Waals surface area contributed by atoms with Gasteiger partial charge in [-0.15, -0.1) is 0 Å². The summed E-state index contributed by atoms with van der Waals surface area (Å²) in [6.45, 7) is 4.07. The van der Waals surface area contributed by atoms with Gasteiger partial charge in [0.15, 0.2) is 0 Å². The molecule has 0 radical (unpaired) electrons. The fourth-order valence-electron chi connectivity index (χ4n) is 1.86. The van der Waals surface area contributed by atoms with Crippen LogP contribution in [0.2, 0.25) is 0 Å². The molecule has 2 aromatic rings. The molecule has 0 spiro atoms. The van der Waals surface area contributed by atoms with Crippen molar-refractivity contribution < 1.29 is 0 Å². The van der Waals surface area contributed by atoms with E-state index in [2.05, 4.69) is 18.2 Å². The van der Waals surface area contributed by atoms with Crippen LogP contribution in [0.3, 0.4) is 0 Å². The molecule has 1 aromatic heterocycles. The van der Waals surface area contributed by atoms with E-state index in [-0.39, 0.29) is 5.56 Å². The summed E-state index contributed by atoms with van der Waals surface area (Å²) in [6.07, 6.45) is 0. The van der Waals surface area contributed by atoms with E-state index in [9.17, 15) is 4.79 Å². The Labute approximate surface area is 101 Å². The van der Waals surface area contributed by atoms with E-state index in [4.69, 9.17) is 5.73 Å². The second-order valence-electron chi connectivity index (χ2n) is 4.38. The van der Waals surface area contributed by atoms with Crippen LogP contribution in [0.1, 0.15) is 11.1 Å². The molecule has 0 atom stereocenters. The Morgan fingerprint density at radius 1 is 1.12 bits per heavy atom. The highest BCUT2D eigenvalue weighted by Gasteiger charge is 2.06. The molecule has 0 saturated heterocycles. The fourth-order valence-corrected chi connectivity index (χ4v) is 1.86. The Balaban J connectivity index is 2.69. The van der Waals surface area contributed by atoms with E-state index in [0.29, 0.717) is 5.82 Å². The van der Waals surface area contributed by atoms with Gasteiger partial charge in [-0.05, 0) is 36.6 Å². The number of aryl methyl sites for hydroxylation is 2. The second kappa shape index (κ2) is 4.09. The van der Waals surface area contributed by atoms with Crippen LogP contribution in [-0.2, 0) is 7.05 Å². The molecule has 1 heterocycles. The molecule has 0 saturated carbocycles. The normalized spacial score (nSPS) is 10.5. The molecule has 2 N–H and O–H groups in total. The molecule has 88 valence electrons. The zero-order valence-corrected chi connectivity index (χ0v) is 10.3. The summed E-state index contributed by atoms with van der Waals surface area (Å²) in [5.41, 5.74) is 9.99. The first-order valence-corrected chi connectivity index (χ1v) is 5.53. The van der Waals surface area contributed by atoms with Crippen molar-refractivity contribution in [2.45, 2.75) is 13.8 Å². The van der Waals surface area contributed by atoms with Crippen molar-refractivity contribution in [1.82, 2.24) is 4.57 Å².